The molecular formula is C13H18N2O. The first kappa shape index (κ1) is 11.3. The first-order valence-electron chi connectivity index (χ1n) is 5.91. The Morgan fingerprint density at radius 2 is 2.38 bits per heavy atom. The van der Waals surface area contributed by atoms with Gasteiger partial charge in [-0.05, 0) is 19.1 Å². The molecule has 0 radical (unpaired) electrons. The predicted octanol–water partition coefficient (Wildman–Crippen LogP) is 1.68. The Labute approximate surface area is 96.5 Å². The van der Waals surface area contributed by atoms with Crippen molar-refractivity contribution in [3.8, 4) is 0 Å². The van der Waals surface area contributed by atoms with E-state index >= 15 is 0 Å². The number of pyridine rings is 1. The summed E-state index contributed by atoms with van der Waals surface area (Å²) in [7, 11) is 0. The number of carbonyl (C=O) groups excluding carboxylic acids is 1. The Kier molecular flexibility index (Phi) is 3.67. The van der Waals surface area contributed by atoms with Crippen LogP contribution in [0.5, 0.6) is 0 Å². The first-order chi connectivity index (χ1) is 7.75. The molecule has 0 bridgehead atoms. The molecule has 0 N–H and O–H groups in total. The van der Waals surface area contributed by atoms with E-state index in [1.54, 1.807) is 0 Å². The Hall–Kier alpha value is -1.22. The van der Waals surface area contributed by atoms with Crippen LogP contribution in [-0.4, -0.2) is 34.8 Å². The summed E-state index contributed by atoms with van der Waals surface area (Å²) < 4.78 is 0. The second kappa shape index (κ2) is 5.21. The number of nitrogens with zero attached hydrogens (tertiary/aromatic N) is 2. The molecule has 0 aliphatic carbocycles. The summed E-state index contributed by atoms with van der Waals surface area (Å²) in [5.41, 5.74) is 1.13. The van der Waals surface area contributed by atoms with E-state index in [2.05, 4.69) is 22.9 Å². The van der Waals surface area contributed by atoms with Crippen molar-refractivity contribution in [2.45, 2.75) is 32.2 Å². The van der Waals surface area contributed by atoms with Gasteiger partial charge in [0.05, 0.1) is 0 Å². The highest BCUT2D eigenvalue weighted by atomic mass is 16.1. The number of ketones is 1. The fourth-order valence-corrected chi connectivity index (χ4v) is 2.19. The molecule has 1 aliphatic rings. The van der Waals surface area contributed by atoms with Crippen LogP contribution in [0.4, 0.5) is 0 Å². The van der Waals surface area contributed by atoms with Crippen LogP contribution in [0.2, 0.25) is 0 Å². The lowest BCUT2D eigenvalue weighted by atomic mass is 10.0. The zero-order valence-electron chi connectivity index (χ0n) is 9.72. The van der Waals surface area contributed by atoms with Gasteiger partial charge < -0.3 is 0 Å². The van der Waals surface area contributed by atoms with Gasteiger partial charge in [-0.1, -0.05) is 6.07 Å². The van der Waals surface area contributed by atoms with Gasteiger partial charge in [-0.3, -0.25) is 14.7 Å². The smallest absolute Gasteiger partial charge is 0.135 e. The fraction of sp³-hybridized carbons (Fsp3) is 0.538. The molecule has 1 unspecified atom stereocenters. The highest BCUT2D eigenvalue weighted by Gasteiger charge is 2.22. The van der Waals surface area contributed by atoms with Crippen molar-refractivity contribution in [2.75, 3.05) is 13.1 Å². The Bertz CT molecular complexity index is 350. The monoisotopic (exact) mass is 218 g/mol. The van der Waals surface area contributed by atoms with E-state index in [9.17, 15) is 4.79 Å². The molecule has 1 fully saturated rings. The molecule has 0 saturated carbocycles. The number of carbonyl (C=O) groups is 1. The van der Waals surface area contributed by atoms with Gasteiger partial charge in [-0.2, -0.15) is 0 Å². The number of likely N-dealkylation sites (tertiary alicyclic amines) is 1. The summed E-state index contributed by atoms with van der Waals surface area (Å²) in [5.74, 6) is 0.404. The van der Waals surface area contributed by atoms with Crippen LogP contribution in [0.1, 0.15) is 25.5 Å². The van der Waals surface area contributed by atoms with Crippen LogP contribution >= 0.6 is 0 Å². The van der Waals surface area contributed by atoms with Crippen LogP contribution in [0.15, 0.2) is 24.4 Å². The molecule has 1 aliphatic heterocycles. The fourth-order valence-electron chi connectivity index (χ4n) is 2.19. The molecule has 2 rings (SSSR count). The normalized spacial score (nSPS) is 22.3. The van der Waals surface area contributed by atoms with Crippen molar-refractivity contribution >= 4 is 5.78 Å². The summed E-state index contributed by atoms with van der Waals surface area (Å²) in [5, 5.41) is 0. The van der Waals surface area contributed by atoms with E-state index in [1.807, 2.05) is 18.3 Å². The third kappa shape index (κ3) is 2.89. The van der Waals surface area contributed by atoms with Crippen molar-refractivity contribution in [1.29, 1.82) is 0 Å². The molecular weight excluding hydrogens is 200 g/mol. The number of rotatable bonds is 3. The van der Waals surface area contributed by atoms with Crippen LogP contribution in [0.3, 0.4) is 0 Å². The predicted molar refractivity (Wildman–Crippen MR) is 63.2 cm³/mol. The maximum atomic E-state index is 11.3. The molecule has 2 heterocycles. The lowest BCUT2D eigenvalue weighted by Crippen LogP contribution is -2.42. The van der Waals surface area contributed by atoms with Crippen LogP contribution in [0.25, 0.3) is 0 Å². The molecule has 0 amide bonds. The van der Waals surface area contributed by atoms with Crippen LogP contribution in [0, 0.1) is 0 Å². The van der Waals surface area contributed by atoms with Gasteiger partial charge in [-0.25, -0.2) is 0 Å². The van der Waals surface area contributed by atoms with Gasteiger partial charge in [0.25, 0.3) is 0 Å². The van der Waals surface area contributed by atoms with Crippen molar-refractivity contribution < 1.29 is 4.79 Å². The van der Waals surface area contributed by atoms with E-state index in [0.29, 0.717) is 24.7 Å². The highest BCUT2D eigenvalue weighted by molar-refractivity contribution is 5.79. The topological polar surface area (TPSA) is 33.2 Å². The lowest BCUT2D eigenvalue weighted by molar-refractivity contribution is -0.122. The Morgan fingerprint density at radius 1 is 1.50 bits per heavy atom. The van der Waals surface area contributed by atoms with E-state index < -0.39 is 0 Å². The molecule has 86 valence electrons. The molecule has 3 heteroatoms. The first-order valence-corrected chi connectivity index (χ1v) is 5.91. The molecule has 1 atom stereocenters. The van der Waals surface area contributed by atoms with E-state index in [-0.39, 0.29) is 0 Å². The lowest BCUT2D eigenvalue weighted by Gasteiger charge is -2.32. The maximum Gasteiger partial charge on any atom is 0.135 e. The standard InChI is InChI=1S/C13H18N2O/c1-11-10-13(16)6-9-15(11)8-5-12-4-2-3-7-14-12/h2-4,7,11H,5-6,8-10H2,1H3. The average molecular weight is 218 g/mol. The SMILES string of the molecule is CC1CC(=O)CCN1CCc1ccccn1. The summed E-state index contributed by atoms with van der Waals surface area (Å²) >= 11 is 0. The summed E-state index contributed by atoms with van der Waals surface area (Å²) in [6.07, 6.45) is 4.23. The molecule has 0 spiro atoms. The van der Waals surface area contributed by atoms with Gasteiger partial charge in [0.1, 0.15) is 5.78 Å². The van der Waals surface area contributed by atoms with Crippen molar-refractivity contribution in [1.82, 2.24) is 9.88 Å². The van der Waals surface area contributed by atoms with Crippen LogP contribution in [-0.2, 0) is 11.2 Å². The maximum absolute atomic E-state index is 11.3. The summed E-state index contributed by atoms with van der Waals surface area (Å²) in [6, 6.07) is 6.40. The zero-order valence-corrected chi connectivity index (χ0v) is 9.72. The Morgan fingerprint density at radius 3 is 3.06 bits per heavy atom. The molecule has 3 nitrogen and oxygen atoms in total. The number of aromatic nitrogens is 1. The number of Topliss-reactive ketones (excluding diaryl/α,β-unsaturated/α-hetero) is 1. The molecule has 0 aromatic carbocycles. The van der Waals surface area contributed by atoms with Gasteiger partial charge >= 0.3 is 0 Å². The van der Waals surface area contributed by atoms with Gasteiger partial charge in [-0.15, -0.1) is 0 Å². The highest BCUT2D eigenvalue weighted by Crippen LogP contribution is 2.14. The number of hydrogen-bond acceptors (Lipinski definition) is 3. The minimum atomic E-state index is 0.393. The number of hydrogen-bond donors (Lipinski definition) is 0. The van der Waals surface area contributed by atoms with Crippen molar-refractivity contribution in [3.05, 3.63) is 30.1 Å². The quantitative estimate of drug-likeness (QED) is 0.774. The second-order valence-corrected chi connectivity index (χ2v) is 4.45. The van der Waals surface area contributed by atoms with Crippen LogP contribution < -0.4 is 0 Å². The van der Waals surface area contributed by atoms with Gasteiger partial charge in [0, 0.05) is 50.3 Å². The third-order valence-electron chi connectivity index (χ3n) is 3.21. The summed E-state index contributed by atoms with van der Waals surface area (Å²) in [4.78, 5) is 17.9. The molecule has 1 saturated heterocycles. The van der Waals surface area contributed by atoms with Crippen molar-refractivity contribution in [2.24, 2.45) is 0 Å². The van der Waals surface area contributed by atoms with Gasteiger partial charge in [0.15, 0.2) is 0 Å². The molecule has 1 aromatic rings. The third-order valence-corrected chi connectivity index (χ3v) is 3.21. The molecule has 16 heavy (non-hydrogen) atoms. The second-order valence-electron chi connectivity index (χ2n) is 4.45. The van der Waals surface area contributed by atoms with E-state index in [4.69, 9.17) is 0 Å². The minimum Gasteiger partial charge on any atom is -0.300 e. The average Bonchev–Trinajstić information content (AvgIpc) is 2.29. The Balaban J connectivity index is 1.84. The minimum absolute atomic E-state index is 0.393. The number of piperidine rings is 1. The van der Waals surface area contributed by atoms with E-state index in [0.717, 1.165) is 25.2 Å². The molecule has 1 aromatic heterocycles. The van der Waals surface area contributed by atoms with E-state index in [1.165, 1.54) is 0 Å². The largest absolute Gasteiger partial charge is 0.300 e. The van der Waals surface area contributed by atoms with Gasteiger partial charge in [0.2, 0.25) is 0 Å². The van der Waals surface area contributed by atoms with Crippen molar-refractivity contribution in [3.63, 3.8) is 0 Å². The summed E-state index contributed by atoms with van der Waals surface area (Å²) in [6.45, 7) is 4.05. The zero-order chi connectivity index (χ0) is 11.4.